The second kappa shape index (κ2) is 6.82. The highest BCUT2D eigenvalue weighted by molar-refractivity contribution is 9.10. The molecule has 2 rings (SSSR count). The number of aliphatic hydroxyl groups is 1. The van der Waals surface area contributed by atoms with Gasteiger partial charge in [-0.1, -0.05) is 58.7 Å². The van der Waals surface area contributed by atoms with Gasteiger partial charge in [-0.3, -0.25) is 0 Å². The monoisotopic (exact) mass is 368 g/mol. The average Bonchev–Trinajstić information content (AvgIpc) is 2.45. The molecule has 0 bridgehead atoms. The molecule has 112 valence electrons. The fourth-order valence-corrected chi connectivity index (χ4v) is 3.09. The van der Waals surface area contributed by atoms with Gasteiger partial charge < -0.3 is 9.84 Å². The normalized spacial score (nSPS) is 13.8. The van der Waals surface area contributed by atoms with Crippen LogP contribution in [0.25, 0.3) is 0 Å². The first-order valence-electron chi connectivity index (χ1n) is 6.87. The topological polar surface area (TPSA) is 29.5 Å². The van der Waals surface area contributed by atoms with Crippen LogP contribution in [0.2, 0.25) is 5.02 Å². The van der Waals surface area contributed by atoms with Gasteiger partial charge in [0.05, 0.1) is 6.61 Å². The van der Waals surface area contributed by atoms with Gasteiger partial charge in [-0.2, -0.15) is 0 Å². The molecule has 0 heterocycles. The Morgan fingerprint density at radius 3 is 2.57 bits per heavy atom. The van der Waals surface area contributed by atoms with Crippen LogP contribution in [-0.2, 0) is 5.60 Å². The van der Waals surface area contributed by atoms with Gasteiger partial charge in [0, 0.05) is 20.6 Å². The Kier molecular flexibility index (Phi) is 5.31. The molecule has 0 aliphatic heterocycles. The van der Waals surface area contributed by atoms with Gasteiger partial charge in [-0.05, 0) is 31.5 Å². The Morgan fingerprint density at radius 1 is 1.19 bits per heavy atom. The molecule has 1 unspecified atom stereocenters. The molecule has 0 amide bonds. The smallest absolute Gasteiger partial charge is 0.125 e. The fourth-order valence-electron chi connectivity index (χ4n) is 2.24. The molecule has 4 heteroatoms. The summed E-state index contributed by atoms with van der Waals surface area (Å²) in [5, 5.41) is 11.5. The number of ether oxygens (including phenoxy) is 1. The van der Waals surface area contributed by atoms with Gasteiger partial charge in [0.25, 0.3) is 0 Å². The SMILES string of the molecule is CCCOc1ccccc1C(C)(O)c1ccc(Br)cc1Cl. The number of benzene rings is 2. The quantitative estimate of drug-likeness (QED) is 0.790. The van der Waals surface area contributed by atoms with Crippen LogP contribution in [0.15, 0.2) is 46.9 Å². The number of para-hydroxylation sites is 1. The Morgan fingerprint density at radius 2 is 1.90 bits per heavy atom. The van der Waals surface area contributed by atoms with Crippen LogP contribution in [-0.4, -0.2) is 11.7 Å². The zero-order valence-corrected chi connectivity index (χ0v) is 14.4. The van der Waals surface area contributed by atoms with Crippen molar-refractivity contribution in [2.45, 2.75) is 25.9 Å². The van der Waals surface area contributed by atoms with Crippen LogP contribution < -0.4 is 4.74 Å². The lowest BCUT2D eigenvalue weighted by Gasteiger charge is -2.27. The highest BCUT2D eigenvalue weighted by atomic mass is 79.9. The number of hydrogen-bond donors (Lipinski definition) is 1. The summed E-state index contributed by atoms with van der Waals surface area (Å²) in [6.45, 7) is 4.39. The van der Waals surface area contributed by atoms with Crippen molar-refractivity contribution in [2.24, 2.45) is 0 Å². The van der Waals surface area contributed by atoms with E-state index in [1.807, 2.05) is 43.3 Å². The van der Waals surface area contributed by atoms with E-state index >= 15 is 0 Å². The van der Waals surface area contributed by atoms with Crippen molar-refractivity contribution in [1.82, 2.24) is 0 Å². The van der Waals surface area contributed by atoms with Crippen molar-refractivity contribution in [3.63, 3.8) is 0 Å². The minimum Gasteiger partial charge on any atom is -0.493 e. The molecule has 0 aliphatic rings. The number of hydrogen-bond acceptors (Lipinski definition) is 2. The van der Waals surface area contributed by atoms with E-state index < -0.39 is 5.60 Å². The summed E-state index contributed by atoms with van der Waals surface area (Å²) in [6, 6.07) is 13.0. The van der Waals surface area contributed by atoms with Gasteiger partial charge in [-0.25, -0.2) is 0 Å². The maximum absolute atomic E-state index is 11.0. The van der Waals surface area contributed by atoms with Crippen LogP contribution in [0.3, 0.4) is 0 Å². The van der Waals surface area contributed by atoms with Gasteiger partial charge in [0.2, 0.25) is 0 Å². The van der Waals surface area contributed by atoms with E-state index in [1.54, 1.807) is 13.0 Å². The van der Waals surface area contributed by atoms with Crippen LogP contribution in [0.4, 0.5) is 0 Å². The minimum absolute atomic E-state index is 0.514. The second-order valence-corrected chi connectivity index (χ2v) is 6.36. The summed E-state index contributed by atoms with van der Waals surface area (Å²) < 4.78 is 6.62. The van der Waals surface area contributed by atoms with E-state index in [9.17, 15) is 5.11 Å². The van der Waals surface area contributed by atoms with E-state index in [4.69, 9.17) is 16.3 Å². The predicted octanol–water partition coefficient (Wildman–Crippen LogP) is 5.15. The van der Waals surface area contributed by atoms with Gasteiger partial charge >= 0.3 is 0 Å². The van der Waals surface area contributed by atoms with E-state index in [-0.39, 0.29) is 0 Å². The molecule has 21 heavy (non-hydrogen) atoms. The molecule has 0 spiro atoms. The second-order valence-electron chi connectivity index (χ2n) is 5.04. The predicted molar refractivity (Wildman–Crippen MR) is 90.1 cm³/mol. The van der Waals surface area contributed by atoms with E-state index in [2.05, 4.69) is 15.9 Å². The first-order chi connectivity index (χ1) is 9.96. The lowest BCUT2D eigenvalue weighted by atomic mass is 9.87. The van der Waals surface area contributed by atoms with Gasteiger partial charge in [-0.15, -0.1) is 0 Å². The third-order valence-corrected chi connectivity index (χ3v) is 4.13. The molecule has 0 saturated heterocycles. The molecule has 2 nitrogen and oxygen atoms in total. The molecule has 1 atom stereocenters. The largest absolute Gasteiger partial charge is 0.493 e. The molecule has 0 saturated carbocycles. The van der Waals surface area contributed by atoms with E-state index in [0.717, 1.165) is 10.9 Å². The molecule has 0 aromatic heterocycles. The Labute approximate surface area is 138 Å². The van der Waals surface area contributed by atoms with Crippen molar-refractivity contribution >= 4 is 27.5 Å². The van der Waals surface area contributed by atoms with Gasteiger partial charge in [0.15, 0.2) is 0 Å². The molecule has 2 aromatic rings. The first kappa shape index (κ1) is 16.3. The summed E-state index contributed by atoms with van der Waals surface area (Å²) >= 11 is 9.67. The van der Waals surface area contributed by atoms with Crippen molar-refractivity contribution < 1.29 is 9.84 Å². The molecule has 0 fully saturated rings. The van der Waals surface area contributed by atoms with Crippen molar-refractivity contribution in [1.29, 1.82) is 0 Å². The number of rotatable bonds is 5. The maximum Gasteiger partial charge on any atom is 0.125 e. The summed E-state index contributed by atoms with van der Waals surface area (Å²) in [4.78, 5) is 0. The summed E-state index contributed by atoms with van der Waals surface area (Å²) in [7, 11) is 0. The van der Waals surface area contributed by atoms with E-state index in [1.165, 1.54) is 0 Å². The Balaban J connectivity index is 2.48. The standard InChI is InChI=1S/C17H18BrClO2/c1-3-10-21-16-7-5-4-6-14(16)17(2,20)13-9-8-12(18)11-15(13)19/h4-9,11,20H,3,10H2,1-2H3. The molecule has 0 radical (unpaired) electrons. The highest BCUT2D eigenvalue weighted by Gasteiger charge is 2.31. The third-order valence-electron chi connectivity index (χ3n) is 3.33. The van der Waals surface area contributed by atoms with Gasteiger partial charge in [0.1, 0.15) is 11.4 Å². The summed E-state index contributed by atoms with van der Waals surface area (Å²) in [5.41, 5.74) is 0.143. The Bertz CT molecular complexity index is 626. The average molecular weight is 370 g/mol. The lowest BCUT2D eigenvalue weighted by Crippen LogP contribution is -2.24. The van der Waals surface area contributed by atoms with Crippen molar-refractivity contribution in [3.8, 4) is 5.75 Å². The summed E-state index contributed by atoms with van der Waals surface area (Å²) in [6.07, 6.45) is 0.912. The zero-order chi connectivity index (χ0) is 15.5. The zero-order valence-electron chi connectivity index (χ0n) is 12.1. The molecule has 2 aromatic carbocycles. The fraction of sp³-hybridized carbons (Fsp3) is 0.294. The van der Waals surface area contributed by atoms with Crippen LogP contribution >= 0.6 is 27.5 Å². The highest BCUT2D eigenvalue weighted by Crippen LogP contribution is 2.39. The van der Waals surface area contributed by atoms with Crippen LogP contribution in [0.1, 0.15) is 31.4 Å². The summed E-state index contributed by atoms with van der Waals surface area (Å²) in [5.74, 6) is 0.684. The first-order valence-corrected chi connectivity index (χ1v) is 8.04. The third kappa shape index (κ3) is 3.60. The van der Waals surface area contributed by atoms with Crippen LogP contribution in [0, 0.1) is 0 Å². The maximum atomic E-state index is 11.0. The lowest BCUT2D eigenvalue weighted by molar-refractivity contribution is 0.0979. The van der Waals surface area contributed by atoms with Crippen molar-refractivity contribution in [2.75, 3.05) is 6.61 Å². The molecular weight excluding hydrogens is 352 g/mol. The molecule has 1 N–H and O–H groups in total. The number of halogens is 2. The van der Waals surface area contributed by atoms with E-state index in [0.29, 0.717) is 28.5 Å². The minimum atomic E-state index is -1.22. The Hall–Kier alpha value is -1.03. The molecule has 0 aliphatic carbocycles. The van der Waals surface area contributed by atoms with Crippen molar-refractivity contribution in [3.05, 3.63) is 63.1 Å². The molecular formula is C17H18BrClO2. The van der Waals surface area contributed by atoms with Crippen LogP contribution in [0.5, 0.6) is 5.75 Å².